The molecule has 248 valence electrons. The average molecular weight is 641 g/mol. The molecular formula is C34H40O12. The molecule has 0 amide bonds. The van der Waals surface area contributed by atoms with Crippen LogP contribution in [0.15, 0.2) is 60.7 Å². The van der Waals surface area contributed by atoms with E-state index in [0.717, 1.165) is 0 Å². The Kier molecular flexibility index (Phi) is 11.7. The van der Waals surface area contributed by atoms with Crippen molar-refractivity contribution in [1.29, 1.82) is 0 Å². The zero-order valence-electron chi connectivity index (χ0n) is 25.8. The number of hydrogen-bond donors (Lipinski definition) is 10. The van der Waals surface area contributed by atoms with Crippen molar-refractivity contribution >= 4 is 0 Å². The van der Waals surface area contributed by atoms with E-state index in [1.165, 1.54) is 60.7 Å². The first kappa shape index (κ1) is 35.3. The number of phenols is 8. The molecule has 4 unspecified atom stereocenters. The van der Waals surface area contributed by atoms with Gasteiger partial charge in [0, 0.05) is 48.2 Å². The number of aliphatic hydroxyl groups excluding tert-OH is 2. The maximum absolute atomic E-state index is 10.2. The molecule has 4 aromatic carbocycles. The fraction of sp³-hybridized carbons (Fsp3) is 0.294. The second-order valence-electron chi connectivity index (χ2n) is 10.00. The maximum Gasteiger partial charge on any atom is 0.157 e. The van der Waals surface area contributed by atoms with Gasteiger partial charge in [-0.15, -0.1) is 0 Å². The number of benzene rings is 4. The molecule has 0 bridgehead atoms. The van der Waals surface area contributed by atoms with Crippen LogP contribution < -0.4 is 9.47 Å². The number of aliphatic hydroxyl groups is 2. The summed E-state index contributed by atoms with van der Waals surface area (Å²) in [7, 11) is 0. The fourth-order valence-electron chi connectivity index (χ4n) is 4.93. The quantitative estimate of drug-likeness (QED) is 0.129. The zero-order chi connectivity index (χ0) is 34.3. The van der Waals surface area contributed by atoms with Gasteiger partial charge in [0.1, 0.15) is 46.7 Å². The molecule has 0 fully saturated rings. The van der Waals surface area contributed by atoms with E-state index in [1.54, 1.807) is 0 Å². The number of fused-ring (bicyclic) bond motifs is 2. The lowest BCUT2D eigenvalue weighted by Gasteiger charge is -2.31. The van der Waals surface area contributed by atoms with Crippen molar-refractivity contribution in [2.24, 2.45) is 0 Å². The van der Waals surface area contributed by atoms with E-state index in [2.05, 4.69) is 0 Å². The van der Waals surface area contributed by atoms with Gasteiger partial charge in [-0.1, -0.05) is 39.8 Å². The largest absolute Gasteiger partial charge is 0.508 e. The van der Waals surface area contributed by atoms with Crippen LogP contribution in [0.25, 0.3) is 0 Å². The first-order chi connectivity index (χ1) is 21.9. The monoisotopic (exact) mass is 640 g/mol. The van der Waals surface area contributed by atoms with Crippen LogP contribution in [0.1, 0.15) is 62.2 Å². The minimum atomic E-state index is -0.933. The molecule has 0 saturated carbocycles. The number of hydrogen-bond acceptors (Lipinski definition) is 12. The fourth-order valence-corrected chi connectivity index (χ4v) is 4.93. The predicted octanol–water partition coefficient (Wildman–Crippen LogP) is 5.14. The standard InChI is InChI=1S/2C15H14O6.2C2H6/c2*16-8-4-11(18)9-6-13(20)15(21-14(9)5-8)7-1-2-10(17)12(19)3-7;2*1-2/h2*1-5,13,15-20H,6H2;2*1-2H3. The predicted molar refractivity (Wildman–Crippen MR) is 168 cm³/mol. The Morgan fingerprint density at radius 3 is 1.13 bits per heavy atom. The zero-order valence-corrected chi connectivity index (χ0v) is 25.8. The molecule has 12 nitrogen and oxygen atoms in total. The van der Waals surface area contributed by atoms with Crippen molar-refractivity contribution in [2.45, 2.75) is 65.0 Å². The second kappa shape index (κ2) is 15.2. The van der Waals surface area contributed by atoms with E-state index in [0.29, 0.717) is 22.3 Å². The van der Waals surface area contributed by atoms with Crippen LogP contribution in [0.4, 0.5) is 0 Å². The SMILES string of the molecule is CC.CC.Oc1cc(O)c2c(c1)OC(c1ccc(O)c(O)c1)C(O)C2.Oc1cc(O)c2c(c1)OC(c1ccc(O)c(O)c1)C(O)C2. The third-order valence-corrected chi connectivity index (χ3v) is 7.03. The maximum atomic E-state index is 10.2. The van der Waals surface area contributed by atoms with E-state index in [1.807, 2.05) is 27.7 Å². The van der Waals surface area contributed by atoms with Gasteiger partial charge in [-0.25, -0.2) is 0 Å². The van der Waals surface area contributed by atoms with Gasteiger partial charge in [-0.05, 0) is 35.4 Å². The number of ether oxygens (including phenoxy) is 2. The Hall–Kier alpha value is -5.20. The molecule has 4 atom stereocenters. The lowest BCUT2D eigenvalue weighted by atomic mass is 9.94. The van der Waals surface area contributed by atoms with Crippen LogP contribution in [-0.2, 0) is 12.8 Å². The summed E-state index contributed by atoms with van der Waals surface area (Å²) in [5.41, 5.74) is 1.79. The van der Waals surface area contributed by atoms with Gasteiger partial charge in [0.15, 0.2) is 23.0 Å². The van der Waals surface area contributed by atoms with Crippen LogP contribution in [0.2, 0.25) is 0 Å². The van der Waals surface area contributed by atoms with E-state index >= 15 is 0 Å². The van der Waals surface area contributed by atoms with Gasteiger partial charge in [0.05, 0.1) is 12.2 Å². The van der Waals surface area contributed by atoms with Gasteiger partial charge >= 0.3 is 0 Å². The van der Waals surface area contributed by atoms with E-state index in [4.69, 9.17) is 9.47 Å². The number of aromatic hydroxyl groups is 8. The topological polar surface area (TPSA) is 221 Å². The normalized spacial score (nSPS) is 19.1. The summed E-state index contributed by atoms with van der Waals surface area (Å²) in [5.74, 6) is -1.18. The van der Waals surface area contributed by atoms with Crippen molar-refractivity contribution in [3.63, 3.8) is 0 Å². The summed E-state index contributed by atoms with van der Waals surface area (Å²) in [5, 5.41) is 96.6. The molecule has 46 heavy (non-hydrogen) atoms. The average Bonchev–Trinajstić information content (AvgIpc) is 3.02. The molecule has 2 heterocycles. The minimum Gasteiger partial charge on any atom is -0.508 e. The minimum absolute atomic E-state index is 0.143. The van der Waals surface area contributed by atoms with Gasteiger partial charge in [0.2, 0.25) is 0 Å². The molecule has 2 aliphatic rings. The first-order valence-corrected chi connectivity index (χ1v) is 14.7. The Bertz CT molecular complexity index is 1520. The highest BCUT2D eigenvalue weighted by atomic mass is 16.5. The van der Waals surface area contributed by atoms with Crippen molar-refractivity contribution in [3.05, 3.63) is 82.9 Å². The molecular weight excluding hydrogens is 600 g/mol. The molecule has 0 spiro atoms. The summed E-state index contributed by atoms with van der Waals surface area (Å²) in [4.78, 5) is 0. The molecule has 0 aromatic heterocycles. The summed E-state index contributed by atoms with van der Waals surface area (Å²) < 4.78 is 11.2. The highest BCUT2D eigenvalue weighted by molar-refractivity contribution is 5.53. The van der Waals surface area contributed by atoms with Crippen LogP contribution in [-0.4, -0.2) is 63.3 Å². The molecule has 0 radical (unpaired) electrons. The lowest BCUT2D eigenvalue weighted by Crippen LogP contribution is -2.30. The van der Waals surface area contributed by atoms with E-state index < -0.39 is 24.4 Å². The molecule has 10 N–H and O–H groups in total. The Balaban J connectivity index is 0.000000226. The van der Waals surface area contributed by atoms with Crippen LogP contribution >= 0.6 is 0 Å². The molecule has 0 saturated heterocycles. The molecule has 0 aliphatic carbocycles. The van der Waals surface area contributed by atoms with Gasteiger partial charge < -0.3 is 60.5 Å². The highest BCUT2D eigenvalue weighted by Crippen LogP contribution is 2.44. The number of phenolic OH excluding ortho intramolecular Hbond substituents is 8. The smallest absolute Gasteiger partial charge is 0.157 e. The molecule has 6 rings (SSSR count). The van der Waals surface area contributed by atoms with Gasteiger partial charge in [0.25, 0.3) is 0 Å². The van der Waals surface area contributed by atoms with Crippen LogP contribution in [0.3, 0.4) is 0 Å². The molecule has 12 heteroatoms. The Morgan fingerprint density at radius 1 is 0.457 bits per heavy atom. The Labute approximate surface area is 265 Å². The summed E-state index contributed by atoms with van der Waals surface area (Å²) >= 11 is 0. The lowest BCUT2D eigenvalue weighted by molar-refractivity contribution is 0.0196. The van der Waals surface area contributed by atoms with Crippen molar-refractivity contribution in [3.8, 4) is 57.5 Å². The third-order valence-electron chi connectivity index (χ3n) is 7.03. The van der Waals surface area contributed by atoms with Crippen molar-refractivity contribution in [2.75, 3.05) is 0 Å². The van der Waals surface area contributed by atoms with Crippen LogP contribution in [0, 0.1) is 0 Å². The number of rotatable bonds is 2. The van der Waals surface area contributed by atoms with E-state index in [-0.39, 0.29) is 70.3 Å². The summed E-state index contributed by atoms with van der Waals surface area (Å²) in [6.45, 7) is 8.00. The summed E-state index contributed by atoms with van der Waals surface area (Å²) in [6.07, 6.45) is -3.12. The molecule has 2 aliphatic heterocycles. The van der Waals surface area contributed by atoms with Crippen molar-refractivity contribution in [1.82, 2.24) is 0 Å². The highest BCUT2D eigenvalue weighted by Gasteiger charge is 2.33. The van der Waals surface area contributed by atoms with Crippen LogP contribution in [0.5, 0.6) is 57.5 Å². The first-order valence-electron chi connectivity index (χ1n) is 14.7. The van der Waals surface area contributed by atoms with Gasteiger partial charge in [-0.2, -0.15) is 0 Å². The molecule has 4 aromatic rings. The van der Waals surface area contributed by atoms with Gasteiger partial charge in [-0.3, -0.25) is 0 Å². The summed E-state index contributed by atoms with van der Waals surface area (Å²) in [6, 6.07) is 13.3. The van der Waals surface area contributed by atoms with Crippen molar-refractivity contribution < 1.29 is 60.5 Å². The third kappa shape index (κ3) is 7.71. The Morgan fingerprint density at radius 2 is 0.804 bits per heavy atom. The second-order valence-corrected chi connectivity index (χ2v) is 10.00. The van der Waals surface area contributed by atoms with E-state index in [9.17, 15) is 51.1 Å².